The van der Waals surface area contributed by atoms with Crippen molar-refractivity contribution in [1.82, 2.24) is 4.90 Å². The Bertz CT molecular complexity index is 191. The van der Waals surface area contributed by atoms with Crippen LogP contribution in [-0.2, 0) is 0 Å². The van der Waals surface area contributed by atoms with Crippen molar-refractivity contribution in [2.45, 2.75) is 63.5 Å². The summed E-state index contributed by atoms with van der Waals surface area (Å²) in [4.78, 5) is 2.42. The smallest absolute Gasteiger partial charge is 0.0695 e. The highest BCUT2D eigenvalue weighted by molar-refractivity contribution is 4.83. The maximum Gasteiger partial charge on any atom is 0.0695 e. The first kappa shape index (κ1) is 11.4. The largest absolute Gasteiger partial charge is 0.391 e. The summed E-state index contributed by atoms with van der Waals surface area (Å²) in [6.45, 7) is 1.21. The van der Waals surface area contributed by atoms with Gasteiger partial charge >= 0.3 is 0 Å². The van der Waals surface area contributed by atoms with E-state index >= 15 is 0 Å². The highest BCUT2D eigenvalue weighted by Gasteiger charge is 2.29. The van der Waals surface area contributed by atoms with Crippen molar-refractivity contribution in [3.63, 3.8) is 0 Å². The average Bonchev–Trinajstić information content (AvgIpc) is 2.95. The van der Waals surface area contributed by atoms with E-state index in [1.165, 1.54) is 51.5 Å². The second-order valence-electron chi connectivity index (χ2n) is 5.51. The Morgan fingerprint density at radius 2 is 1.67 bits per heavy atom. The number of hydrogen-bond acceptors (Lipinski definition) is 2. The molecule has 2 unspecified atom stereocenters. The molecular formula is C13H25NO. The summed E-state index contributed by atoms with van der Waals surface area (Å²) in [5.74, 6) is 0.938. The number of aliphatic hydroxyl groups is 1. The Kier molecular flexibility index (Phi) is 4.04. The Hall–Kier alpha value is -0.0800. The molecule has 0 radical (unpaired) electrons. The molecule has 0 aromatic rings. The van der Waals surface area contributed by atoms with Crippen LogP contribution in [0.5, 0.6) is 0 Å². The van der Waals surface area contributed by atoms with Crippen LogP contribution in [0.2, 0.25) is 0 Å². The number of rotatable bonds is 3. The molecule has 2 aliphatic rings. The molecule has 0 aromatic heterocycles. The summed E-state index contributed by atoms with van der Waals surface area (Å²) in [5.41, 5.74) is 0. The molecule has 0 saturated heterocycles. The van der Waals surface area contributed by atoms with E-state index in [2.05, 4.69) is 11.9 Å². The van der Waals surface area contributed by atoms with Crippen LogP contribution in [0.1, 0.15) is 51.4 Å². The van der Waals surface area contributed by atoms with E-state index in [1.807, 2.05) is 0 Å². The molecule has 0 bridgehead atoms. The van der Waals surface area contributed by atoms with Gasteiger partial charge in [0.25, 0.3) is 0 Å². The fourth-order valence-electron chi connectivity index (χ4n) is 2.80. The third kappa shape index (κ3) is 3.46. The molecule has 88 valence electrons. The Morgan fingerprint density at radius 1 is 1.00 bits per heavy atom. The molecule has 0 spiro atoms. The first-order valence-corrected chi connectivity index (χ1v) is 6.65. The minimum Gasteiger partial charge on any atom is -0.391 e. The van der Waals surface area contributed by atoms with Crippen molar-refractivity contribution < 1.29 is 5.11 Å². The van der Waals surface area contributed by atoms with Crippen LogP contribution in [0.25, 0.3) is 0 Å². The monoisotopic (exact) mass is 211 g/mol. The quantitative estimate of drug-likeness (QED) is 0.775. The molecule has 1 N–H and O–H groups in total. The van der Waals surface area contributed by atoms with Crippen LogP contribution in [-0.4, -0.2) is 35.7 Å². The molecule has 2 rings (SSSR count). The molecule has 15 heavy (non-hydrogen) atoms. The van der Waals surface area contributed by atoms with Gasteiger partial charge in [0.1, 0.15) is 0 Å². The topological polar surface area (TPSA) is 23.5 Å². The highest BCUT2D eigenvalue weighted by Crippen LogP contribution is 2.31. The van der Waals surface area contributed by atoms with Crippen molar-refractivity contribution in [3.8, 4) is 0 Å². The second-order valence-corrected chi connectivity index (χ2v) is 5.51. The minimum atomic E-state index is -0.0750. The van der Waals surface area contributed by atoms with Crippen LogP contribution in [0.3, 0.4) is 0 Å². The van der Waals surface area contributed by atoms with Gasteiger partial charge < -0.3 is 10.0 Å². The number of nitrogens with zero attached hydrogens (tertiary/aromatic N) is 1. The van der Waals surface area contributed by atoms with Crippen LogP contribution in [0.4, 0.5) is 0 Å². The van der Waals surface area contributed by atoms with E-state index < -0.39 is 0 Å². The molecule has 2 saturated carbocycles. The predicted octanol–water partition coefficient (Wildman–Crippen LogP) is 2.41. The van der Waals surface area contributed by atoms with Crippen molar-refractivity contribution in [3.05, 3.63) is 0 Å². The van der Waals surface area contributed by atoms with Gasteiger partial charge in [-0.05, 0) is 38.6 Å². The van der Waals surface area contributed by atoms with Gasteiger partial charge in [-0.25, -0.2) is 0 Å². The SMILES string of the molecule is CN(CC1CC1)C1CCCCCCC1O. The van der Waals surface area contributed by atoms with E-state index in [-0.39, 0.29) is 6.10 Å². The summed E-state index contributed by atoms with van der Waals surface area (Å²) in [6.07, 6.45) is 10.2. The van der Waals surface area contributed by atoms with Gasteiger partial charge in [-0.3, -0.25) is 0 Å². The molecule has 2 heteroatoms. The van der Waals surface area contributed by atoms with Gasteiger partial charge in [0.15, 0.2) is 0 Å². The van der Waals surface area contributed by atoms with Gasteiger partial charge in [0.05, 0.1) is 6.10 Å². The molecule has 0 heterocycles. The number of aliphatic hydroxyl groups excluding tert-OH is 1. The summed E-state index contributed by atoms with van der Waals surface area (Å²) in [5, 5.41) is 10.1. The van der Waals surface area contributed by atoms with Crippen LogP contribution in [0.15, 0.2) is 0 Å². The standard InChI is InChI=1S/C13H25NO/c1-14(10-11-8-9-11)12-6-4-2-3-5-7-13(12)15/h11-13,15H,2-10H2,1H3. The zero-order chi connectivity index (χ0) is 10.7. The van der Waals surface area contributed by atoms with E-state index in [9.17, 15) is 5.11 Å². The zero-order valence-electron chi connectivity index (χ0n) is 9.99. The Balaban J connectivity index is 1.83. The third-order valence-corrected chi connectivity index (χ3v) is 4.00. The van der Waals surface area contributed by atoms with Crippen molar-refractivity contribution in [1.29, 1.82) is 0 Å². The predicted molar refractivity (Wildman–Crippen MR) is 62.9 cm³/mol. The van der Waals surface area contributed by atoms with Gasteiger partial charge in [0.2, 0.25) is 0 Å². The normalized spacial score (nSPS) is 33.8. The molecule has 0 aliphatic heterocycles. The first-order chi connectivity index (χ1) is 7.27. The minimum absolute atomic E-state index is 0.0750. The molecule has 2 fully saturated rings. The van der Waals surface area contributed by atoms with Crippen LogP contribution < -0.4 is 0 Å². The molecule has 0 aromatic carbocycles. The average molecular weight is 211 g/mol. The maximum atomic E-state index is 10.1. The fraction of sp³-hybridized carbons (Fsp3) is 1.00. The number of likely N-dealkylation sites (N-methyl/N-ethyl adjacent to an activating group) is 1. The second kappa shape index (κ2) is 5.31. The van der Waals surface area contributed by atoms with Crippen molar-refractivity contribution in [2.75, 3.05) is 13.6 Å². The van der Waals surface area contributed by atoms with Gasteiger partial charge in [-0.2, -0.15) is 0 Å². The number of hydrogen-bond donors (Lipinski definition) is 1. The zero-order valence-corrected chi connectivity index (χ0v) is 9.99. The molecule has 2 nitrogen and oxygen atoms in total. The third-order valence-electron chi connectivity index (χ3n) is 4.00. The van der Waals surface area contributed by atoms with E-state index in [0.717, 1.165) is 12.3 Å². The summed E-state index contributed by atoms with van der Waals surface area (Å²) >= 11 is 0. The molecule has 0 amide bonds. The summed E-state index contributed by atoms with van der Waals surface area (Å²) in [6, 6.07) is 0.436. The van der Waals surface area contributed by atoms with Gasteiger partial charge in [0, 0.05) is 12.6 Å². The Morgan fingerprint density at radius 3 is 2.33 bits per heavy atom. The lowest BCUT2D eigenvalue weighted by Crippen LogP contribution is -2.42. The fourth-order valence-corrected chi connectivity index (χ4v) is 2.80. The molecule has 2 aliphatic carbocycles. The summed E-state index contributed by atoms with van der Waals surface area (Å²) < 4.78 is 0. The Labute approximate surface area is 93.7 Å². The maximum absolute atomic E-state index is 10.1. The lowest BCUT2D eigenvalue weighted by Gasteiger charge is -2.33. The van der Waals surface area contributed by atoms with Gasteiger partial charge in [-0.15, -0.1) is 0 Å². The van der Waals surface area contributed by atoms with Crippen LogP contribution >= 0.6 is 0 Å². The lowest BCUT2D eigenvalue weighted by atomic mass is 9.93. The first-order valence-electron chi connectivity index (χ1n) is 6.65. The molecular weight excluding hydrogens is 186 g/mol. The highest BCUT2D eigenvalue weighted by atomic mass is 16.3. The molecule has 2 atom stereocenters. The van der Waals surface area contributed by atoms with Crippen molar-refractivity contribution >= 4 is 0 Å². The summed E-state index contributed by atoms with van der Waals surface area (Å²) in [7, 11) is 2.20. The van der Waals surface area contributed by atoms with Crippen molar-refractivity contribution in [2.24, 2.45) is 5.92 Å². The van der Waals surface area contributed by atoms with Gasteiger partial charge in [-0.1, -0.05) is 25.7 Å². The van der Waals surface area contributed by atoms with E-state index in [4.69, 9.17) is 0 Å². The van der Waals surface area contributed by atoms with Crippen LogP contribution in [0, 0.1) is 5.92 Å². The van der Waals surface area contributed by atoms with E-state index in [1.54, 1.807) is 0 Å². The lowest BCUT2D eigenvalue weighted by molar-refractivity contribution is 0.0422. The van der Waals surface area contributed by atoms with E-state index in [0.29, 0.717) is 6.04 Å².